The third-order valence-electron chi connectivity index (χ3n) is 3.66. The quantitative estimate of drug-likeness (QED) is 0.874. The van der Waals surface area contributed by atoms with Gasteiger partial charge in [0.1, 0.15) is 0 Å². The van der Waals surface area contributed by atoms with Crippen molar-refractivity contribution in [2.75, 3.05) is 5.75 Å². The molecule has 2 atom stereocenters. The maximum Gasteiger partial charge on any atom is 0.232 e. The van der Waals surface area contributed by atoms with Gasteiger partial charge in [0, 0.05) is 10.5 Å². The zero-order valence-electron chi connectivity index (χ0n) is 11.5. The summed E-state index contributed by atoms with van der Waals surface area (Å²) in [5.74, 6) is 2.24. The van der Waals surface area contributed by atoms with Crippen LogP contribution >= 0.6 is 11.8 Å². The molecule has 1 saturated carbocycles. The molecule has 1 aromatic heterocycles. The number of aliphatic hydroxyl groups is 1. The minimum atomic E-state index is -0.341. The Bertz CT molecular complexity index is 568. The van der Waals surface area contributed by atoms with Gasteiger partial charge >= 0.3 is 0 Å². The summed E-state index contributed by atoms with van der Waals surface area (Å²) in [7, 11) is 0. The number of nitrogens with zero attached hydrogens (tertiary/aromatic N) is 2. The Balaban J connectivity index is 1.79. The van der Waals surface area contributed by atoms with E-state index in [9.17, 15) is 5.11 Å². The molecule has 20 heavy (non-hydrogen) atoms. The van der Waals surface area contributed by atoms with E-state index >= 15 is 0 Å². The van der Waals surface area contributed by atoms with Crippen LogP contribution < -0.4 is 0 Å². The highest BCUT2D eigenvalue weighted by molar-refractivity contribution is 7.99. The summed E-state index contributed by atoms with van der Waals surface area (Å²) in [6.07, 6.45) is 2.43. The molecule has 1 fully saturated rings. The van der Waals surface area contributed by atoms with E-state index in [0.29, 0.717) is 11.7 Å². The van der Waals surface area contributed by atoms with Crippen molar-refractivity contribution in [3.05, 3.63) is 30.2 Å². The number of aromatic nitrogens is 2. The van der Waals surface area contributed by atoms with E-state index in [4.69, 9.17) is 4.52 Å². The van der Waals surface area contributed by atoms with Crippen molar-refractivity contribution in [3.63, 3.8) is 0 Å². The highest BCUT2D eigenvalue weighted by atomic mass is 32.2. The van der Waals surface area contributed by atoms with Gasteiger partial charge in [-0.05, 0) is 49.3 Å². The van der Waals surface area contributed by atoms with Crippen molar-refractivity contribution < 1.29 is 9.63 Å². The summed E-state index contributed by atoms with van der Waals surface area (Å²) in [5.41, 5.74) is 0.952. The summed E-state index contributed by atoms with van der Waals surface area (Å²) in [6, 6.07) is 8.17. The number of thioether (sulfide) groups is 1. The average Bonchev–Trinajstić information content (AvgIpc) is 3.08. The van der Waals surface area contributed by atoms with Crippen LogP contribution in [0.4, 0.5) is 0 Å². The van der Waals surface area contributed by atoms with Gasteiger partial charge in [0.05, 0.1) is 12.0 Å². The molecule has 0 spiro atoms. The van der Waals surface area contributed by atoms with Gasteiger partial charge in [-0.2, -0.15) is 4.98 Å². The molecule has 0 aliphatic heterocycles. The molecular formula is C15H18N2O2S. The molecule has 1 heterocycles. The first-order valence-electron chi connectivity index (χ1n) is 7.03. The second kappa shape index (κ2) is 5.97. The van der Waals surface area contributed by atoms with Crippen molar-refractivity contribution in [1.29, 1.82) is 0 Å². The fourth-order valence-electron chi connectivity index (χ4n) is 2.60. The first-order valence-corrected chi connectivity index (χ1v) is 8.01. The minimum absolute atomic E-state index is 0.00571. The molecule has 5 heteroatoms. The Morgan fingerprint density at radius 1 is 1.30 bits per heavy atom. The van der Waals surface area contributed by atoms with Crippen LogP contribution in [0, 0.1) is 0 Å². The van der Waals surface area contributed by atoms with Crippen LogP contribution in [0.3, 0.4) is 0 Å². The Morgan fingerprint density at radius 3 is 2.75 bits per heavy atom. The number of hydrogen-bond acceptors (Lipinski definition) is 5. The van der Waals surface area contributed by atoms with Crippen LogP contribution in [-0.2, 0) is 0 Å². The fourth-order valence-corrected chi connectivity index (χ4v) is 3.26. The Morgan fingerprint density at radius 2 is 2.10 bits per heavy atom. The van der Waals surface area contributed by atoms with E-state index in [-0.39, 0.29) is 12.0 Å². The second-order valence-electron chi connectivity index (χ2n) is 5.02. The van der Waals surface area contributed by atoms with Crippen LogP contribution in [-0.4, -0.2) is 27.1 Å². The summed E-state index contributed by atoms with van der Waals surface area (Å²) in [4.78, 5) is 5.69. The van der Waals surface area contributed by atoms with Crippen LogP contribution in [0.25, 0.3) is 11.4 Å². The first kappa shape index (κ1) is 13.6. The van der Waals surface area contributed by atoms with E-state index < -0.39 is 0 Å². The summed E-state index contributed by atoms with van der Waals surface area (Å²) in [6.45, 7) is 2.14. The van der Waals surface area contributed by atoms with Crippen LogP contribution in [0.15, 0.2) is 33.7 Å². The topological polar surface area (TPSA) is 59.2 Å². The lowest BCUT2D eigenvalue weighted by molar-refractivity contribution is 0.148. The van der Waals surface area contributed by atoms with Crippen LogP contribution in [0.5, 0.6) is 0 Å². The van der Waals surface area contributed by atoms with Gasteiger partial charge in [0.15, 0.2) is 0 Å². The van der Waals surface area contributed by atoms with E-state index in [0.717, 1.165) is 30.6 Å². The van der Waals surface area contributed by atoms with Gasteiger partial charge in [-0.25, -0.2) is 0 Å². The fraction of sp³-hybridized carbons (Fsp3) is 0.467. The molecule has 1 aliphatic rings. The third-order valence-corrected chi connectivity index (χ3v) is 4.56. The zero-order valence-corrected chi connectivity index (χ0v) is 12.3. The molecule has 1 aliphatic carbocycles. The number of rotatable bonds is 4. The van der Waals surface area contributed by atoms with Crippen LogP contribution in [0.1, 0.15) is 38.0 Å². The number of aliphatic hydroxyl groups excluding tert-OH is 1. The number of benzene rings is 1. The summed E-state index contributed by atoms with van der Waals surface area (Å²) >= 11 is 1.81. The van der Waals surface area contributed by atoms with Gasteiger partial charge in [0.2, 0.25) is 11.7 Å². The van der Waals surface area contributed by atoms with E-state index in [1.807, 2.05) is 23.9 Å². The lowest BCUT2D eigenvalue weighted by Crippen LogP contribution is -2.11. The molecule has 0 bridgehead atoms. The van der Waals surface area contributed by atoms with Crippen molar-refractivity contribution >= 4 is 11.8 Å². The summed E-state index contributed by atoms with van der Waals surface area (Å²) < 4.78 is 5.32. The van der Waals surface area contributed by atoms with Gasteiger partial charge in [0.25, 0.3) is 0 Å². The predicted molar refractivity (Wildman–Crippen MR) is 78.7 cm³/mol. The Labute approximate surface area is 122 Å². The zero-order chi connectivity index (χ0) is 13.9. The Kier molecular flexibility index (Phi) is 4.08. The SMILES string of the molecule is CCSc1ccc(-c2noc(C3CCCC3O)n2)cc1. The van der Waals surface area contributed by atoms with E-state index in [2.05, 4.69) is 29.2 Å². The molecule has 4 nitrogen and oxygen atoms in total. The largest absolute Gasteiger partial charge is 0.392 e. The molecule has 106 valence electrons. The highest BCUT2D eigenvalue weighted by Crippen LogP contribution is 2.34. The normalized spacial score (nSPS) is 22.3. The lowest BCUT2D eigenvalue weighted by Gasteiger charge is -2.07. The standard InChI is InChI=1S/C15H18N2O2S/c1-2-20-11-8-6-10(7-9-11)14-16-15(19-17-14)12-4-3-5-13(12)18/h6-9,12-13,18H,2-5H2,1H3. The van der Waals surface area contributed by atoms with Crippen molar-refractivity contribution in [3.8, 4) is 11.4 Å². The predicted octanol–water partition coefficient (Wildman–Crippen LogP) is 3.48. The molecule has 2 aromatic rings. The average molecular weight is 290 g/mol. The smallest absolute Gasteiger partial charge is 0.232 e. The van der Waals surface area contributed by atoms with Gasteiger partial charge < -0.3 is 9.63 Å². The second-order valence-corrected chi connectivity index (χ2v) is 6.36. The van der Waals surface area contributed by atoms with Crippen molar-refractivity contribution in [1.82, 2.24) is 10.1 Å². The molecule has 2 unspecified atom stereocenters. The van der Waals surface area contributed by atoms with Gasteiger partial charge in [-0.1, -0.05) is 12.1 Å². The van der Waals surface area contributed by atoms with Gasteiger partial charge in [-0.3, -0.25) is 0 Å². The van der Waals surface area contributed by atoms with Crippen molar-refractivity contribution in [2.45, 2.75) is 43.1 Å². The minimum Gasteiger partial charge on any atom is -0.392 e. The Hall–Kier alpha value is -1.33. The lowest BCUT2D eigenvalue weighted by atomic mass is 10.1. The van der Waals surface area contributed by atoms with Crippen molar-refractivity contribution in [2.24, 2.45) is 0 Å². The third kappa shape index (κ3) is 2.74. The molecule has 0 amide bonds. The van der Waals surface area contributed by atoms with Crippen LogP contribution in [0.2, 0.25) is 0 Å². The number of hydrogen-bond donors (Lipinski definition) is 1. The van der Waals surface area contributed by atoms with Gasteiger partial charge in [-0.15, -0.1) is 11.8 Å². The summed E-state index contributed by atoms with van der Waals surface area (Å²) in [5, 5.41) is 13.9. The molecule has 3 rings (SSSR count). The maximum absolute atomic E-state index is 9.89. The first-order chi connectivity index (χ1) is 9.78. The molecule has 1 aromatic carbocycles. The molecule has 1 N–H and O–H groups in total. The monoisotopic (exact) mass is 290 g/mol. The highest BCUT2D eigenvalue weighted by Gasteiger charge is 2.31. The molecule has 0 saturated heterocycles. The molecular weight excluding hydrogens is 272 g/mol. The molecule has 0 radical (unpaired) electrons. The van der Waals surface area contributed by atoms with E-state index in [1.165, 1.54) is 4.90 Å². The maximum atomic E-state index is 9.89. The van der Waals surface area contributed by atoms with E-state index in [1.54, 1.807) is 0 Å².